The number of rotatable bonds is 7. The van der Waals surface area contributed by atoms with Gasteiger partial charge in [-0.3, -0.25) is 14.4 Å². The standard InChI is InChI=1S/C27H34ClN3O5S/c1-4-35-25(33)19-8-7-13-31(16-19)24(32)21-17-37-23(29-21)18-11-14-30(15-12-18)26(34)27(2,3)36-22-10-6-5-9-20(22)28/h5-6,9-10,17-19H,4,7-8,11-16H2,1-3H3. The lowest BCUT2D eigenvalue weighted by atomic mass is 9.95. The van der Waals surface area contributed by atoms with Gasteiger partial charge in [0, 0.05) is 37.5 Å². The predicted molar refractivity (Wildman–Crippen MR) is 142 cm³/mol. The molecular formula is C27H34ClN3O5S. The van der Waals surface area contributed by atoms with Crippen LogP contribution in [0.1, 0.15) is 67.9 Å². The molecule has 37 heavy (non-hydrogen) atoms. The molecule has 0 radical (unpaired) electrons. The number of esters is 1. The van der Waals surface area contributed by atoms with E-state index in [0.717, 1.165) is 30.7 Å². The van der Waals surface area contributed by atoms with Crippen molar-refractivity contribution in [3.8, 4) is 5.75 Å². The van der Waals surface area contributed by atoms with Crippen LogP contribution in [0.3, 0.4) is 0 Å². The highest BCUT2D eigenvalue weighted by Crippen LogP contribution is 2.33. The van der Waals surface area contributed by atoms with Gasteiger partial charge in [-0.05, 0) is 58.6 Å². The van der Waals surface area contributed by atoms with Gasteiger partial charge >= 0.3 is 5.97 Å². The maximum atomic E-state index is 13.2. The largest absolute Gasteiger partial charge is 0.476 e. The number of thiazole rings is 1. The van der Waals surface area contributed by atoms with E-state index < -0.39 is 5.60 Å². The number of nitrogens with zero attached hydrogens (tertiary/aromatic N) is 3. The number of hydrogen-bond donors (Lipinski definition) is 0. The van der Waals surface area contributed by atoms with E-state index in [2.05, 4.69) is 4.98 Å². The summed E-state index contributed by atoms with van der Waals surface area (Å²) in [5.41, 5.74) is -0.619. The van der Waals surface area contributed by atoms with Crippen LogP contribution in [0.15, 0.2) is 29.6 Å². The van der Waals surface area contributed by atoms with Crippen molar-refractivity contribution in [2.45, 2.75) is 58.0 Å². The molecule has 3 heterocycles. The van der Waals surface area contributed by atoms with E-state index in [9.17, 15) is 14.4 Å². The van der Waals surface area contributed by atoms with Crippen molar-refractivity contribution in [3.05, 3.63) is 45.4 Å². The predicted octanol–water partition coefficient (Wildman–Crippen LogP) is 4.78. The van der Waals surface area contributed by atoms with Gasteiger partial charge in [-0.15, -0.1) is 11.3 Å². The third-order valence-electron chi connectivity index (χ3n) is 6.92. The van der Waals surface area contributed by atoms with E-state index >= 15 is 0 Å². The summed E-state index contributed by atoms with van der Waals surface area (Å²) in [4.78, 5) is 46.7. The Morgan fingerprint density at radius 1 is 1.11 bits per heavy atom. The fourth-order valence-electron chi connectivity index (χ4n) is 4.91. The number of amides is 2. The fourth-order valence-corrected chi connectivity index (χ4v) is 6.05. The molecule has 10 heteroatoms. The van der Waals surface area contributed by atoms with Crippen molar-refractivity contribution in [2.24, 2.45) is 5.92 Å². The van der Waals surface area contributed by atoms with Crippen LogP contribution >= 0.6 is 22.9 Å². The minimum atomic E-state index is -1.05. The van der Waals surface area contributed by atoms with Gasteiger partial charge in [-0.2, -0.15) is 0 Å². The fraction of sp³-hybridized carbons (Fsp3) is 0.556. The number of hydrogen-bond acceptors (Lipinski definition) is 7. The van der Waals surface area contributed by atoms with E-state index in [1.165, 1.54) is 11.3 Å². The molecular weight excluding hydrogens is 514 g/mol. The number of carbonyl (C=O) groups excluding carboxylic acids is 3. The number of ether oxygens (including phenoxy) is 2. The van der Waals surface area contributed by atoms with Crippen molar-refractivity contribution < 1.29 is 23.9 Å². The molecule has 0 bridgehead atoms. The lowest BCUT2D eigenvalue weighted by Crippen LogP contribution is -2.51. The minimum absolute atomic E-state index is 0.0814. The first kappa shape index (κ1) is 27.4. The smallest absolute Gasteiger partial charge is 0.310 e. The highest BCUT2D eigenvalue weighted by Gasteiger charge is 2.37. The molecule has 1 aromatic heterocycles. The topological polar surface area (TPSA) is 89.0 Å². The third-order valence-corrected chi connectivity index (χ3v) is 8.24. The van der Waals surface area contributed by atoms with Gasteiger partial charge in [0.25, 0.3) is 11.8 Å². The Balaban J connectivity index is 1.32. The lowest BCUT2D eigenvalue weighted by molar-refractivity contribution is -0.149. The average molecular weight is 548 g/mol. The quantitative estimate of drug-likeness (QED) is 0.464. The monoisotopic (exact) mass is 547 g/mol. The summed E-state index contributed by atoms with van der Waals surface area (Å²) < 4.78 is 11.1. The maximum absolute atomic E-state index is 13.2. The van der Waals surface area contributed by atoms with Crippen molar-refractivity contribution in [1.29, 1.82) is 0 Å². The molecule has 2 aliphatic rings. The molecule has 2 saturated heterocycles. The van der Waals surface area contributed by atoms with Gasteiger partial charge in [0.1, 0.15) is 11.4 Å². The van der Waals surface area contributed by atoms with Crippen molar-refractivity contribution in [1.82, 2.24) is 14.8 Å². The Morgan fingerprint density at radius 2 is 1.84 bits per heavy atom. The number of piperidine rings is 2. The number of aromatic nitrogens is 1. The molecule has 1 aromatic carbocycles. The summed E-state index contributed by atoms with van der Waals surface area (Å²) in [6, 6.07) is 7.13. The van der Waals surface area contributed by atoms with Gasteiger partial charge in [-0.25, -0.2) is 4.98 Å². The second kappa shape index (κ2) is 11.8. The summed E-state index contributed by atoms with van der Waals surface area (Å²) >= 11 is 7.70. The normalized spacial score (nSPS) is 19.0. The number of benzene rings is 1. The zero-order chi connectivity index (χ0) is 26.6. The summed E-state index contributed by atoms with van der Waals surface area (Å²) in [5.74, 6) is -0.0503. The Morgan fingerprint density at radius 3 is 2.54 bits per heavy atom. The molecule has 1 atom stereocenters. The van der Waals surface area contributed by atoms with Crippen LogP contribution in [0, 0.1) is 5.92 Å². The molecule has 0 N–H and O–H groups in total. The Bertz CT molecular complexity index is 1130. The summed E-state index contributed by atoms with van der Waals surface area (Å²) in [6.45, 7) is 7.83. The first-order valence-electron chi connectivity index (χ1n) is 12.8. The molecule has 2 fully saturated rings. The molecule has 0 spiro atoms. The van der Waals surface area contributed by atoms with Crippen molar-refractivity contribution in [2.75, 3.05) is 32.8 Å². The third kappa shape index (κ3) is 6.44. The molecule has 200 valence electrons. The molecule has 1 unspecified atom stereocenters. The zero-order valence-corrected chi connectivity index (χ0v) is 23.1. The summed E-state index contributed by atoms with van der Waals surface area (Å²) in [7, 11) is 0. The number of para-hydroxylation sites is 1. The van der Waals surface area contributed by atoms with E-state index in [1.807, 2.05) is 22.4 Å². The van der Waals surface area contributed by atoms with Gasteiger partial charge in [0.15, 0.2) is 5.60 Å². The minimum Gasteiger partial charge on any atom is -0.476 e. The van der Waals surface area contributed by atoms with E-state index in [-0.39, 0.29) is 29.6 Å². The molecule has 4 rings (SSSR count). The molecule has 2 amide bonds. The van der Waals surface area contributed by atoms with Crippen LogP contribution in [-0.4, -0.2) is 71.0 Å². The first-order valence-corrected chi connectivity index (χ1v) is 14.1. The average Bonchev–Trinajstić information content (AvgIpc) is 3.40. The second-order valence-electron chi connectivity index (χ2n) is 10.0. The SMILES string of the molecule is CCOC(=O)C1CCCN(C(=O)c2csc(C3CCN(C(=O)C(C)(C)Oc4ccccc4Cl)CC3)n2)C1. The van der Waals surface area contributed by atoms with E-state index in [1.54, 1.807) is 37.8 Å². The number of halogens is 1. The summed E-state index contributed by atoms with van der Waals surface area (Å²) in [6.07, 6.45) is 3.05. The van der Waals surface area contributed by atoms with Crippen LogP contribution in [-0.2, 0) is 14.3 Å². The van der Waals surface area contributed by atoms with Crippen LogP contribution in [0.25, 0.3) is 0 Å². The molecule has 0 aliphatic carbocycles. The van der Waals surface area contributed by atoms with Crippen LogP contribution in [0.4, 0.5) is 0 Å². The van der Waals surface area contributed by atoms with Crippen molar-refractivity contribution in [3.63, 3.8) is 0 Å². The summed E-state index contributed by atoms with van der Waals surface area (Å²) in [5, 5.41) is 3.20. The van der Waals surface area contributed by atoms with Gasteiger partial charge in [0.05, 0.1) is 22.6 Å². The molecule has 2 aliphatic heterocycles. The Kier molecular flexibility index (Phi) is 8.75. The van der Waals surface area contributed by atoms with Gasteiger partial charge < -0.3 is 19.3 Å². The van der Waals surface area contributed by atoms with Crippen molar-refractivity contribution >= 4 is 40.7 Å². The van der Waals surface area contributed by atoms with Crippen LogP contribution in [0.2, 0.25) is 5.02 Å². The van der Waals surface area contributed by atoms with Crippen LogP contribution in [0.5, 0.6) is 5.75 Å². The zero-order valence-electron chi connectivity index (χ0n) is 21.6. The second-order valence-corrected chi connectivity index (χ2v) is 11.3. The van der Waals surface area contributed by atoms with Gasteiger partial charge in [-0.1, -0.05) is 23.7 Å². The highest BCUT2D eigenvalue weighted by atomic mass is 35.5. The first-order chi connectivity index (χ1) is 17.7. The van der Waals surface area contributed by atoms with Crippen LogP contribution < -0.4 is 4.74 Å². The van der Waals surface area contributed by atoms with E-state index in [4.69, 9.17) is 21.1 Å². The number of likely N-dealkylation sites (tertiary alicyclic amines) is 2. The van der Waals surface area contributed by atoms with E-state index in [0.29, 0.717) is 49.3 Å². The Labute approximate surface area is 226 Å². The lowest BCUT2D eigenvalue weighted by Gasteiger charge is -2.36. The molecule has 8 nitrogen and oxygen atoms in total. The molecule has 2 aromatic rings. The highest BCUT2D eigenvalue weighted by molar-refractivity contribution is 7.09. The maximum Gasteiger partial charge on any atom is 0.310 e. The number of carbonyl (C=O) groups is 3. The Hall–Kier alpha value is -2.65. The molecule has 0 saturated carbocycles. The van der Waals surface area contributed by atoms with Gasteiger partial charge in [0.2, 0.25) is 0 Å².